The molecule has 0 saturated heterocycles. The van der Waals surface area contributed by atoms with Crippen molar-refractivity contribution in [3.63, 3.8) is 0 Å². The Balaban J connectivity index is 1.99. The predicted octanol–water partition coefficient (Wildman–Crippen LogP) is 4.06. The first-order valence-corrected chi connectivity index (χ1v) is 9.19. The Kier molecular flexibility index (Phi) is 3.22. The van der Waals surface area contributed by atoms with Gasteiger partial charge in [0.25, 0.3) is 0 Å². The number of hydrogen-bond donors (Lipinski definition) is 2. The highest BCUT2D eigenvalue weighted by Gasteiger charge is 2.28. The maximum Gasteiger partial charge on any atom is 0.152 e. The third kappa shape index (κ3) is 2.22. The maximum absolute atomic E-state index is 10.3. The number of nitrogens with two attached hydrogens (primary N) is 1. The Morgan fingerprint density at radius 3 is 2.63 bits per heavy atom. The molecule has 6 heteroatoms. The second kappa shape index (κ2) is 5.42. The van der Waals surface area contributed by atoms with Crippen LogP contribution in [0.4, 0.5) is 5.82 Å². The highest BCUT2D eigenvalue weighted by molar-refractivity contribution is 6.11. The molecule has 1 aromatic carbocycles. The van der Waals surface area contributed by atoms with Gasteiger partial charge in [0.2, 0.25) is 0 Å². The molecule has 1 saturated carbocycles. The minimum atomic E-state index is 0.249. The normalized spacial score (nSPS) is 14.3. The summed E-state index contributed by atoms with van der Waals surface area (Å²) >= 11 is 0. The van der Waals surface area contributed by atoms with Crippen molar-refractivity contribution < 1.29 is 5.11 Å². The van der Waals surface area contributed by atoms with Gasteiger partial charge in [0.05, 0.1) is 11.1 Å². The third-order valence-electron chi connectivity index (χ3n) is 5.63. The van der Waals surface area contributed by atoms with Gasteiger partial charge in [-0.3, -0.25) is 4.57 Å². The molecule has 1 aliphatic rings. The zero-order chi connectivity index (χ0) is 18.9. The molecule has 0 unspecified atom stereocenters. The lowest BCUT2D eigenvalue weighted by atomic mass is 10.1. The summed E-state index contributed by atoms with van der Waals surface area (Å²) < 4.78 is 2.01. The number of nitrogen functional groups attached to an aromatic ring is 1. The van der Waals surface area contributed by atoms with Crippen molar-refractivity contribution in [1.29, 1.82) is 0 Å². The molecule has 3 heterocycles. The average Bonchev–Trinajstić information content (AvgIpc) is 3.43. The van der Waals surface area contributed by atoms with Crippen LogP contribution in [0.1, 0.15) is 41.1 Å². The van der Waals surface area contributed by atoms with Crippen LogP contribution in [-0.2, 0) is 0 Å². The molecule has 136 valence electrons. The van der Waals surface area contributed by atoms with Crippen molar-refractivity contribution in [1.82, 2.24) is 19.5 Å². The van der Waals surface area contributed by atoms with Crippen LogP contribution in [0.2, 0.25) is 0 Å². The Bertz CT molecular complexity index is 1240. The monoisotopic (exact) mass is 359 g/mol. The van der Waals surface area contributed by atoms with Gasteiger partial charge in [0.1, 0.15) is 23.5 Å². The van der Waals surface area contributed by atoms with Gasteiger partial charge >= 0.3 is 0 Å². The van der Waals surface area contributed by atoms with Crippen molar-refractivity contribution >= 4 is 27.9 Å². The van der Waals surface area contributed by atoms with Gasteiger partial charge in [-0.2, -0.15) is 0 Å². The number of aromatic nitrogens is 4. The summed E-state index contributed by atoms with van der Waals surface area (Å²) in [6.07, 6.45) is 3.90. The van der Waals surface area contributed by atoms with Crippen LogP contribution in [0.3, 0.4) is 0 Å². The molecular formula is C21H21N5O. The third-order valence-corrected chi connectivity index (χ3v) is 5.63. The molecule has 0 bridgehead atoms. The van der Waals surface area contributed by atoms with E-state index in [-0.39, 0.29) is 5.75 Å². The van der Waals surface area contributed by atoms with E-state index in [1.807, 2.05) is 24.5 Å². The zero-order valence-electron chi connectivity index (χ0n) is 15.6. The van der Waals surface area contributed by atoms with Gasteiger partial charge < -0.3 is 10.8 Å². The van der Waals surface area contributed by atoms with Crippen LogP contribution in [0, 0.1) is 20.8 Å². The molecule has 0 atom stereocenters. The highest BCUT2D eigenvalue weighted by Crippen LogP contribution is 2.44. The molecule has 1 aliphatic carbocycles. The topological polar surface area (TPSA) is 89.8 Å². The van der Waals surface area contributed by atoms with E-state index in [0.717, 1.165) is 38.9 Å². The van der Waals surface area contributed by atoms with Gasteiger partial charge in [0.15, 0.2) is 5.65 Å². The van der Waals surface area contributed by atoms with Crippen molar-refractivity contribution in [3.8, 4) is 11.4 Å². The molecule has 5 rings (SSSR count). The van der Waals surface area contributed by atoms with Gasteiger partial charge in [0, 0.05) is 16.6 Å². The Morgan fingerprint density at radius 1 is 1.11 bits per heavy atom. The average molecular weight is 359 g/mol. The molecule has 6 nitrogen and oxygen atoms in total. The lowest BCUT2D eigenvalue weighted by Crippen LogP contribution is -2.04. The molecule has 3 aromatic heterocycles. The van der Waals surface area contributed by atoms with E-state index in [4.69, 9.17) is 10.7 Å². The summed E-state index contributed by atoms with van der Waals surface area (Å²) in [4.78, 5) is 13.7. The fourth-order valence-corrected chi connectivity index (χ4v) is 4.07. The molecule has 1 fully saturated rings. The smallest absolute Gasteiger partial charge is 0.152 e. The van der Waals surface area contributed by atoms with Crippen LogP contribution in [0.25, 0.3) is 27.8 Å². The minimum absolute atomic E-state index is 0.249. The van der Waals surface area contributed by atoms with Gasteiger partial charge in [-0.15, -0.1) is 0 Å². The summed E-state index contributed by atoms with van der Waals surface area (Å²) in [5.74, 6) is 1.29. The number of aryl methyl sites for hydroxylation is 2. The van der Waals surface area contributed by atoms with Crippen molar-refractivity contribution in [2.24, 2.45) is 0 Å². The summed E-state index contributed by atoms with van der Waals surface area (Å²) in [7, 11) is 0. The predicted molar refractivity (Wildman–Crippen MR) is 106 cm³/mol. The lowest BCUT2D eigenvalue weighted by Gasteiger charge is -2.14. The summed E-state index contributed by atoms with van der Waals surface area (Å²) in [6.45, 7) is 5.99. The van der Waals surface area contributed by atoms with Crippen molar-refractivity contribution in [2.45, 2.75) is 39.5 Å². The summed E-state index contributed by atoms with van der Waals surface area (Å²) in [5.41, 5.74) is 12.8. The molecule has 0 spiro atoms. The van der Waals surface area contributed by atoms with E-state index in [9.17, 15) is 5.11 Å². The standard InChI is InChI=1S/C21H21N5O/c1-10-4-7-16(27)11(2)18(10)26-20-15(17-19(22)23-9-24-21(17)26)8-14(12(3)25-20)13-5-6-13/h4,7-9,13,27H,5-6H2,1-3H3,(H2,22,23,24). The van der Waals surface area contributed by atoms with Crippen molar-refractivity contribution in [3.05, 3.63) is 46.9 Å². The van der Waals surface area contributed by atoms with E-state index < -0.39 is 0 Å². The van der Waals surface area contributed by atoms with Gasteiger partial charge in [-0.25, -0.2) is 15.0 Å². The van der Waals surface area contributed by atoms with Crippen LogP contribution in [0.15, 0.2) is 24.5 Å². The number of hydrogen-bond acceptors (Lipinski definition) is 5. The number of rotatable bonds is 2. The van der Waals surface area contributed by atoms with E-state index in [1.54, 1.807) is 6.07 Å². The SMILES string of the molecule is Cc1ccc(O)c(C)c1-n1c2nc(C)c(C3CC3)cc2c2c(N)ncnc21. The number of benzene rings is 1. The Labute approximate surface area is 156 Å². The molecular weight excluding hydrogens is 338 g/mol. The first-order valence-electron chi connectivity index (χ1n) is 9.19. The number of phenols is 1. The minimum Gasteiger partial charge on any atom is -0.508 e. The molecule has 3 N–H and O–H groups in total. The summed E-state index contributed by atoms with van der Waals surface area (Å²) in [6, 6.07) is 5.84. The second-order valence-electron chi connectivity index (χ2n) is 7.48. The highest BCUT2D eigenvalue weighted by atomic mass is 16.3. The van der Waals surface area contributed by atoms with Crippen LogP contribution in [0.5, 0.6) is 5.75 Å². The lowest BCUT2D eigenvalue weighted by molar-refractivity contribution is 0.470. The fraction of sp³-hybridized carbons (Fsp3) is 0.286. The van der Waals surface area contributed by atoms with Crippen LogP contribution in [-0.4, -0.2) is 24.6 Å². The first-order chi connectivity index (χ1) is 13.0. The molecule has 0 amide bonds. The van der Waals surface area contributed by atoms with Crippen LogP contribution >= 0.6 is 0 Å². The number of pyridine rings is 1. The zero-order valence-corrected chi connectivity index (χ0v) is 15.6. The largest absolute Gasteiger partial charge is 0.508 e. The van der Waals surface area contributed by atoms with E-state index in [1.165, 1.54) is 24.7 Å². The second-order valence-corrected chi connectivity index (χ2v) is 7.48. The van der Waals surface area contributed by atoms with Crippen LogP contribution < -0.4 is 5.73 Å². The number of nitrogens with zero attached hydrogens (tertiary/aromatic N) is 4. The Hall–Kier alpha value is -3.15. The summed E-state index contributed by atoms with van der Waals surface area (Å²) in [5, 5.41) is 12.1. The van der Waals surface area contributed by atoms with E-state index in [2.05, 4.69) is 23.0 Å². The fourth-order valence-electron chi connectivity index (χ4n) is 4.07. The van der Waals surface area contributed by atoms with Gasteiger partial charge in [-0.1, -0.05) is 6.07 Å². The maximum atomic E-state index is 10.3. The molecule has 4 aromatic rings. The quantitative estimate of drug-likeness (QED) is 0.563. The Morgan fingerprint density at radius 2 is 1.89 bits per heavy atom. The first kappa shape index (κ1) is 16.1. The van der Waals surface area contributed by atoms with E-state index >= 15 is 0 Å². The molecule has 0 radical (unpaired) electrons. The van der Waals surface area contributed by atoms with Crippen molar-refractivity contribution in [2.75, 3.05) is 5.73 Å². The molecule has 0 aliphatic heterocycles. The van der Waals surface area contributed by atoms with Gasteiger partial charge in [-0.05, 0) is 62.8 Å². The number of aromatic hydroxyl groups is 1. The number of phenolic OH excluding ortho intramolecular Hbond substituents is 1. The number of anilines is 1. The molecule has 27 heavy (non-hydrogen) atoms. The number of fused-ring (bicyclic) bond motifs is 3. The van der Waals surface area contributed by atoms with E-state index in [0.29, 0.717) is 17.4 Å².